The number of ether oxygens (including phenoxy) is 3. The number of Topliss-reactive ketones (excluding diaryl/α,β-unsaturated/α-hetero) is 2. The maximum Gasteiger partial charge on any atom is 0.329 e. The number of benzene rings is 3. The molecule has 0 radical (unpaired) electrons. The van der Waals surface area contributed by atoms with Crippen LogP contribution in [0.5, 0.6) is 11.5 Å². The highest BCUT2D eigenvalue weighted by Crippen LogP contribution is 2.61. The summed E-state index contributed by atoms with van der Waals surface area (Å²) in [6.07, 6.45) is 3.81. The van der Waals surface area contributed by atoms with E-state index in [1.165, 1.54) is 7.11 Å². The second-order valence-electron chi connectivity index (χ2n) is 9.63. The van der Waals surface area contributed by atoms with Crippen molar-refractivity contribution in [3.05, 3.63) is 95.1 Å². The van der Waals surface area contributed by atoms with Gasteiger partial charge in [0.2, 0.25) is 0 Å². The molecule has 0 N–H and O–H groups in total. The molecule has 6 rings (SSSR count). The predicted octanol–water partition coefficient (Wildman–Crippen LogP) is 4.70. The molecule has 192 valence electrons. The first kappa shape index (κ1) is 24.0. The molecule has 7 nitrogen and oxygen atoms in total. The topological polar surface area (TPSA) is 82.1 Å². The lowest BCUT2D eigenvalue weighted by molar-refractivity contribution is -0.145. The quantitative estimate of drug-likeness (QED) is 0.364. The minimum atomic E-state index is -1.60. The molecule has 1 saturated heterocycles. The van der Waals surface area contributed by atoms with Gasteiger partial charge in [-0.05, 0) is 24.6 Å². The van der Waals surface area contributed by atoms with E-state index in [4.69, 9.17) is 14.2 Å². The van der Waals surface area contributed by atoms with Crippen molar-refractivity contribution in [3.8, 4) is 11.5 Å². The number of esters is 1. The number of hydrogen-bond donors (Lipinski definition) is 0. The van der Waals surface area contributed by atoms with Gasteiger partial charge in [-0.25, -0.2) is 4.79 Å². The Morgan fingerprint density at radius 2 is 1.61 bits per heavy atom. The molecule has 0 amide bonds. The number of methoxy groups -OCH3 is 2. The van der Waals surface area contributed by atoms with Gasteiger partial charge in [-0.3, -0.25) is 9.59 Å². The van der Waals surface area contributed by atoms with Gasteiger partial charge >= 0.3 is 5.97 Å². The molecule has 2 heterocycles. The first-order valence-corrected chi connectivity index (χ1v) is 12.6. The van der Waals surface area contributed by atoms with Crippen molar-refractivity contribution in [3.63, 3.8) is 0 Å². The molecule has 7 heteroatoms. The first-order valence-electron chi connectivity index (χ1n) is 12.6. The maximum absolute atomic E-state index is 14.5. The van der Waals surface area contributed by atoms with E-state index >= 15 is 0 Å². The Morgan fingerprint density at radius 3 is 2.26 bits per heavy atom. The Labute approximate surface area is 220 Å². The van der Waals surface area contributed by atoms with Crippen LogP contribution in [0.4, 0.5) is 5.69 Å². The van der Waals surface area contributed by atoms with E-state index in [1.807, 2.05) is 41.3 Å². The predicted molar refractivity (Wildman–Crippen MR) is 142 cm³/mol. The smallest absolute Gasteiger partial charge is 0.329 e. The monoisotopic (exact) mass is 509 g/mol. The zero-order chi connectivity index (χ0) is 26.6. The normalized spacial score (nSPS) is 22.2. The fourth-order valence-corrected chi connectivity index (χ4v) is 6.54. The minimum Gasteiger partial charge on any atom is -0.497 e. The average Bonchev–Trinajstić information content (AvgIpc) is 3.39. The third kappa shape index (κ3) is 3.05. The molecular weight excluding hydrogens is 482 g/mol. The highest BCUT2D eigenvalue weighted by Gasteiger charge is 2.72. The van der Waals surface area contributed by atoms with Gasteiger partial charge < -0.3 is 19.1 Å². The number of carbonyl (C=O) groups is 3. The Bertz CT molecular complexity index is 1470. The van der Waals surface area contributed by atoms with Gasteiger partial charge in [-0.1, -0.05) is 60.7 Å². The molecule has 3 aromatic carbocycles. The van der Waals surface area contributed by atoms with E-state index in [0.717, 1.165) is 11.3 Å². The Balaban J connectivity index is 1.69. The number of anilines is 1. The second-order valence-corrected chi connectivity index (χ2v) is 9.63. The van der Waals surface area contributed by atoms with Crippen molar-refractivity contribution in [1.29, 1.82) is 0 Å². The van der Waals surface area contributed by atoms with E-state index < -0.39 is 29.4 Å². The van der Waals surface area contributed by atoms with Crippen LogP contribution < -0.4 is 14.4 Å². The molecule has 0 aromatic heterocycles. The van der Waals surface area contributed by atoms with Gasteiger partial charge in [0.05, 0.1) is 26.9 Å². The summed E-state index contributed by atoms with van der Waals surface area (Å²) >= 11 is 0. The third-order valence-corrected chi connectivity index (χ3v) is 8.02. The summed E-state index contributed by atoms with van der Waals surface area (Å²) < 4.78 is 16.8. The lowest BCUT2D eigenvalue weighted by atomic mass is 9.64. The summed E-state index contributed by atoms with van der Waals surface area (Å²) in [5.74, 6) is -1.01. The summed E-state index contributed by atoms with van der Waals surface area (Å²) in [6, 6.07) is 18.1. The Morgan fingerprint density at radius 1 is 0.921 bits per heavy atom. The van der Waals surface area contributed by atoms with E-state index in [2.05, 4.69) is 0 Å². The third-order valence-electron chi connectivity index (χ3n) is 8.02. The standard InChI is InChI=1S/C31H27NO6/c1-4-38-30(35)27-26(22-15-14-19(36-2)17-24(22)37-3)31(28(33)20-10-6-7-11-21(20)29(31)34)25-16-13-18-9-5-8-12-23(18)32(25)27/h5-17,25-27H,4H2,1-3H3/t25-,26+,27-/m0/s1. The minimum absolute atomic E-state index is 0.160. The van der Waals surface area contributed by atoms with Crippen molar-refractivity contribution >= 4 is 29.3 Å². The average molecular weight is 510 g/mol. The lowest BCUT2D eigenvalue weighted by Gasteiger charge is -2.36. The fourth-order valence-electron chi connectivity index (χ4n) is 6.54. The Kier molecular flexibility index (Phi) is 5.60. The van der Waals surface area contributed by atoms with Crippen LogP contribution in [0.3, 0.4) is 0 Å². The Hall–Kier alpha value is -4.39. The highest BCUT2D eigenvalue weighted by atomic mass is 16.5. The molecule has 2 aliphatic heterocycles. The van der Waals surface area contributed by atoms with E-state index in [-0.39, 0.29) is 18.2 Å². The van der Waals surface area contributed by atoms with Crippen molar-refractivity contribution in [2.24, 2.45) is 5.41 Å². The number of rotatable bonds is 5. The number of ketones is 2. The van der Waals surface area contributed by atoms with Crippen LogP contribution in [0, 0.1) is 5.41 Å². The summed E-state index contributed by atoms with van der Waals surface area (Å²) in [5.41, 5.74) is 1.36. The molecule has 0 unspecified atom stereocenters. The first-order chi connectivity index (χ1) is 18.5. The van der Waals surface area contributed by atoms with Crippen LogP contribution in [-0.4, -0.2) is 50.4 Å². The molecule has 1 aliphatic carbocycles. The van der Waals surface area contributed by atoms with Crippen molar-refractivity contribution in [1.82, 2.24) is 0 Å². The van der Waals surface area contributed by atoms with Crippen LogP contribution in [0.15, 0.2) is 72.8 Å². The van der Waals surface area contributed by atoms with Gasteiger partial charge in [-0.15, -0.1) is 0 Å². The van der Waals surface area contributed by atoms with Crippen LogP contribution in [0.2, 0.25) is 0 Å². The molecule has 3 aromatic rings. The van der Waals surface area contributed by atoms with E-state index in [0.29, 0.717) is 28.2 Å². The molecule has 1 spiro atoms. The summed E-state index contributed by atoms with van der Waals surface area (Å²) in [4.78, 5) is 44.8. The van der Waals surface area contributed by atoms with Crippen LogP contribution in [-0.2, 0) is 9.53 Å². The van der Waals surface area contributed by atoms with Gasteiger partial charge in [0.25, 0.3) is 0 Å². The number of fused-ring (bicyclic) bond motifs is 5. The second kappa shape index (κ2) is 8.87. The zero-order valence-electron chi connectivity index (χ0n) is 21.3. The molecule has 0 saturated carbocycles. The molecule has 38 heavy (non-hydrogen) atoms. The van der Waals surface area contributed by atoms with Gasteiger partial charge in [0.15, 0.2) is 11.6 Å². The number of para-hydroxylation sites is 1. The van der Waals surface area contributed by atoms with Gasteiger partial charge in [0.1, 0.15) is 23.0 Å². The highest BCUT2D eigenvalue weighted by molar-refractivity contribution is 6.32. The van der Waals surface area contributed by atoms with Crippen molar-refractivity contribution < 1.29 is 28.6 Å². The summed E-state index contributed by atoms with van der Waals surface area (Å²) in [6.45, 7) is 1.90. The summed E-state index contributed by atoms with van der Waals surface area (Å²) in [5, 5.41) is 0. The van der Waals surface area contributed by atoms with Crippen LogP contribution >= 0.6 is 0 Å². The van der Waals surface area contributed by atoms with Crippen molar-refractivity contribution in [2.45, 2.75) is 24.9 Å². The van der Waals surface area contributed by atoms with Crippen LogP contribution in [0.1, 0.15) is 44.7 Å². The van der Waals surface area contributed by atoms with Crippen molar-refractivity contribution in [2.75, 3.05) is 25.7 Å². The SMILES string of the molecule is CCOC(=O)[C@@H]1[C@@H](c2ccc(OC)cc2OC)C2(C(=O)c3ccccc3C2=O)[C@@H]2C=Cc3ccccc3N12. The lowest BCUT2D eigenvalue weighted by Crippen LogP contribution is -2.48. The molecule has 3 aliphatic rings. The number of nitrogens with zero attached hydrogens (tertiary/aromatic N) is 1. The number of hydrogen-bond acceptors (Lipinski definition) is 7. The van der Waals surface area contributed by atoms with Crippen LogP contribution in [0.25, 0.3) is 6.08 Å². The van der Waals surface area contributed by atoms with Gasteiger partial charge in [0, 0.05) is 34.4 Å². The van der Waals surface area contributed by atoms with E-state index in [9.17, 15) is 14.4 Å². The fraction of sp³-hybridized carbons (Fsp3) is 0.258. The molecule has 0 bridgehead atoms. The molecule has 3 atom stereocenters. The van der Waals surface area contributed by atoms with Gasteiger partial charge in [-0.2, -0.15) is 0 Å². The van der Waals surface area contributed by atoms with E-state index in [1.54, 1.807) is 56.5 Å². The number of carbonyl (C=O) groups excluding carboxylic acids is 3. The maximum atomic E-state index is 14.5. The molecular formula is C31H27NO6. The zero-order valence-corrected chi connectivity index (χ0v) is 21.3. The summed E-state index contributed by atoms with van der Waals surface area (Å²) in [7, 11) is 3.07. The largest absolute Gasteiger partial charge is 0.497 e. The molecule has 1 fully saturated rings.